The van der Waals surface area contributed by atoms with Crippen LogP contribution >= 0.6 is 0 Å². The summed E-state index contributed by atoms with van der Waals surface area (Å²) in [6.07, 6.45) is 0.282. The predicted molar refractivity (Wildman–Crippen MR) is 108 cm³/mol. The fourth-order valence-corrected chi connectivity index (χ4v) is 4.19. The minimum absolute atomic E-state index is 0.00134. The molecule has 0 saturated carbocycles. The van der Waals surface area contributed by atoms with Gasteiger partial charge in [-0.05, 0) is 42.9 Å². The number of rotatable bonds is 9. The highest BCUT2D eigenvalue weighted by atomic mass is 16.6. The summed E-state index contributed by atoms with van der Waals surface area (Å²) in [5.41, 5.74) is 10.3. The lowest BCUT2D eigenvalue weighted by Gasteiger charge is -2.35. The minimum atomic E-state index is -1.16. The molecular weight excluding hydrogens is 376 g/mol. The third-order valence-electron chi connectivity index (χ3n) is 4.88. The van der Waals surface area contributed by atoms with E-state index in [1.54, 1.807) is 0 Å². The summed E-state index contributed by atoms with van der Waals surface area (Å²) in [6.45, 7) is 10.8. The molecule has 0 radical (unpaired) electrons. The Bertz CT molecular complexity index is 627. The van der Waals surface area contributed by atoms with Crippen LogP contribution in [0.5, 0.6) is 0 Å². The topological polar surface area (TPSA) is 154 Å². The van der Waals surface area contributed by atoms with E-state index in [0.29, 0.717) is 13.0 Å². The van der Waals surface area contributed by atoms with Crippen LogP contribution in [0.3, 0.4) is 0 Å². The summed E-state index contributed by atoms with van der Waals surface area (Å²) < 4.78 is 5.05. The molecule has 0 bridgehead atoms. The average Bonchev–Trinajstić information content (AvgIpc) is 2.52. The SMILES string of the molecule is CC(C)(C)CC(C)(C)C[C@H](OC(N)=O)C(=O)N[C@@H](C[C@@H]1CCCNC1=O)C(N)=O. The number of nitrogens with two attached hydrogens (primary N) is 2. The Morgan fingerprint density at radius 3 is 2.31 bits per heavy atom. The van der Waals surface area contributed by atoms with Crippen LogP contribution in [-0.2, 0) is 19.1 Å². The van der Waals surface area contributed by atoms with E-state index in [1.807, 2.05) is 13.8 Å². The van der Waals surface area contributed by atoms with Gasteiger partial charge in [0.15, 0.2) is 6.10 Å². The van der Waals surface area contributed by atoms with Crippen molar-refractivity contribution >= 4 is 23.8 Å². The molecule has 3 atom stereocenters. The zero-order valence-electron chi connectivity index (χ0n) is 18.2. The standard InChI is InChI=1S/C20H36N4O5/c1-19(2,3)11-20(4,5)10-14(29-18(22)28)17(27)24-13(15(21)25)9-12-7-6-8-23-16(12)26/h12-14H,6-11H2,1-5H3,(H2,21,25)(H2,22,28)(H,23,26)(H,24,27)/t12-,13-,14-/m0/s1. The average molecular weight is 413 g/mol. The minimum Gasteiger partial charge on any atom is -0.436 e. The molecule has 6 N–H and O–H groups in total. The van der Waals surface area contributed by atoms with E-state index in [2.05, 4.69) is 31.4 Å². The normalized spacial score (nSPS) is 19.6. The van der Waals surface area contributed by atoms with Crippen molar-refractivity contribution in [1.29, 1.82) is 0 Å². The van der Waals surface area contributed by atoms with Gasteiger partial charge in [-0.25, -0.2) is 4.79 Å². The van der Waals surface area contributed by atoms with E-state index < -0.39 is 36.0 Å². The fraction of sp³-hybridized carbons (Fsp3) is 0.800. The van der Waals surface area contributed by atoms with Crippen molar-refractivity contribution in [2.45, 2.75) is 78.9 Å². The molecule has 0 spiro atoms. The first-order valence-electron chi connectivity index (χ1n) is 10.0. The van der Waals surface area contributed by atoms with Gasteiger partial charge in [-0.2, -0.15) is 0 Å². The van der Waals surface area contributed by atoms with Crippen LogP contribution in [0.15, 0.2) is 0 Å². The second-order valence-electron chi connectivity index (χ2n) is 9.86. The molecule has 4 amide bonds. The highest BCUT2D eigenvalue weighted by Gasteiger charge is 2.36. The maximum atomic E-state index is 12.8. The number of carbonyl (C=O) groups excluding carboxylic acids is 4. The summed E-state index contributed by atoms with van der Waals surface area (Å²) in [7, 11) is 0. The molecule has 0 aromatic rings. The summed E-state index contributed by atoms with van der Waals surface area (Å²) in [6, 6.07) is -1.04. The maximum absolute atomic E-state index is 12.8. The van der Waals surface area contributed by atoms with Crippen LogP contribution in [0, 0.1) is 16.7 Å². The van der Waals surface area contributed by atoms with Gasteiger partial charge in [-0.1, -0.05) is 34.6 Å². The third kappa shape index (κ3) is 9.15. The fourth-order valence-electron chi connectivity index (χ4n) is 4.19. The molecule has 9 heteroatoms. The van der Waals surface area contributed by atoms with E-state index in [9.17, 15) is 19.2 Å². The number of primary amides is 2. The van der Waals surface area contributed by atoms with E-state index in [0.717, 1.165) is 12.8 Å². The summed E-state index contributed by atoms with van der Waals surface area (Å²) in [4.78, 5) is 48.0. The largest absolute Gasteiger partial charge is 0.436 e. The second-order valence-corrected chi connectivity index (χ2v) is 9.86. The van der Waals surface area contributed by atoms with Crippen molar-refractivity contribution in [3.05, 3.63) is 0 Å². The van der Waals surface area contributed by atoms with E-state index >= 15 is 0 Å². The highest BCUT2D eigenvalue weighted by Crippen LogP contribution is 2.37. The van der Waals surface area contributed by atoms with Gasteiger partial charge in [0, 0.05) is 12.5 Å². The van der Waals surface area contributed by atoms with Gasteiger partial charge in [0.2, 0.25) is 11.8 Å². The Morgan fingerprint density at radius 1 is 1.21 bits per heavy atom. The predicted octanol–water partition coefficient (Wildman–Crippen LogP) is 1.19. The van der Waals surface area contributed by atoms with Crippen LogP contribution in [-0.4, -0.2) is 42.5 Å². The van der Waals surface area contributed by atoms with Crippen LogP contribution in [0.25, 0.3) is 0 Å². The van der Waals surface area contributed by atoms with Crippen LogP contribution in [0.1, 0.15) is 66.7 Å². The first-order chi connectivity index (χ1) is 13.2. The van der Waals surface area contributed by atoms with Gasteiger partial charge < -0.3 is 26.8 Å². The molecule has 0 aromatic heterocycles. The number of piperidine rings is 1. The van der Waals surface area contributed by atoms with E-state index in [1.165, 1.54) is 0 Å². The zero-order chi connectivity index (χ0) is 22.4. The quantitative estimate of drug-likeness (QED) is 0.448. The molecule has 1 heterocycles. The van der Waals surface area contributed by atoms with Crippen molar-refractivity contribution in [2.24, 2.45) is 28.2 Å². The van der Waals surface area contributed by atoms with Crippen LogP contribution in [0.2, 0.25) is 0 Å². The Morgan fingerprint density at radius 2 is 1.83 bits per heavy atom. The lowest BCUT2D eigenvalue weighted by Crippen LogP contribution is -2.52. The van der Waals surface area contributed by atoms with Gasteiger partial charge >= 0.3 is 6.09 Å². The lowest BCUT2D eigenvalue weighted by molar-refractivity contribution is -0.136. The zero-order valence-corrected chi connectivity index (χ0v) is 18.2. The monoisotopic (exact) mass is 412 g/mol. The molecule has 0 unspecified atom stereocenters. The van der Waals surface area contributed by atoms with Crippen molar-refractivity contribution < 1.29 is 23.9 Å². The van der Waals surface area contributed by atoms with Gasteiger partial charge in [-0.15, -0.1) is 0 Å². The van der Waals surface area contributed by atoms with Crippen molar-refractivity contribution in [1.82, 2.24) is 10.6 Å². The number of nitrogens with one attached hydrogen (secondary N) is 2. The smallest absolute Gasteiger partial charge is 0.405 e. The van der Waals surface area contributed by atoms with Gasteiger partial charge in [-0.3, -0.25) is 14.4 Å². The summed E-state index contributed by atoms with van der Waals surface area (Å²) in [5, 5.41) is 5.29. The highest BCUT2D eigenvalue weighted by molar-refractivity contribution is 5.90. The molecule has 1 fully saturated rings. The first kappa shape index (κ1) is 24.7. The summed E-state index contributed by atoms with van der Waals surface area (Å²) in [5.74, 6) is -1.96. The molecule has 1 saturated heterocycles. The molecule has 0 aromatic carbocycles. The number of amides is 4. The third-order valence-corrected chi connectivity index (χ3v) is 4.88. The number of ether oxygens (including phenoxy) is 1. The van der Waals surface area contributed by atoms with Crippen molar-refractivity contribution in [3.63, 3.8) is 0 Å². The number of carbonyl (C=O) groups is 4. The summed E-state index contributed by atoms with van der Waals surface area (Å²) >= 11 is 0. The molecule has 166 valence electrons. The Balaban J connectivity index is 2.88. The number of hydrogen-bond donors (Lipinski definition) is 4. The van der Waals surface area contributed by atoms with Crippen molar-refractivity contribution in [3.8, 4) is 0 Å². The van der Waals surface area contributed by atoms with Gasteiger partial charge in [0.1, 0.15) is 6.04 Å². The van der Waals surface area contributed by atoms with Crippen LogP contribution in [0.4, 0.5) is 4.79 Å². The second kappa shape index (κ2) is 9.93. The molecular formula is C20H36N4O5. The Labute approximate surface area is 172 Å². The Hall–Kier alpha value is -2.32. The van der Waals surface area contributed by atoms with E-state index in [-0.39, 0.29) is 29.6 Å². The van der Waals surface area contributed by atoms with Crippen LogP contribution < -0.4 is 22.1 Å². The first-order valence-corrected chi connectivity index (χ1v) is 10.0. The maximum Gasteiger partial charge on any atom is 0.405 e. The van der Waals surface area contributed by atoms with E-state index in [4.69, 9.17) is 16.2 Å². The molecule has 1 rings (SSSR count). The molecule has 0 aliphatic carbocycles. The van der Waals surface area contributed by atoms with Gasteiger partial charge in [0.25, 0.3) is 5.91 Å². The lowest BCUT2D eigenvalue weighted by atomic mass is 9.73. The molecule has 1 aliphatic rings. The number of hydrogen-bond acceptors (Lipinski definition) is 5. The molecule has 29 heavy (non-hydrogen) atoms. The Kier molecular flexibility index (Phi) is 8.47. The molecule has 1 aliphatic heterocycles. The molecule has 9 nitrogen and oxygen atoms in total. The van der Waals surface area contributed by atoms with Gasteiger partial charge in [0.05, 0.1) is 0 Å². The van der Waals surface area contributed by atoms with Crippen molar-refractivity contribution in [2.75, 3.05) is 6.54 Å².